The van der Waals surface area contributed by atoms with Gasteiger partial charge < -0.3 is 0 Å². The van der Waals surface area contributed by atoms with Crippen LogP contribution in [0.3, 0.4) is 0 Å². The van der Waals surface area contributed by atoms with E-state index in [2.05, 4.69) is 17.1 Å². The minimum atomic E-state index is 0.587. The van der Waals surface area contributed by atoms with E-state index in [1.54, 1.807) is 0 Å². The fourth-order valence-corrected chi connectivity index (χ4v) is 4.75. The van der Waals surface area contributed by atoms with E-state index in [-0.39, 0.29) is 0 Å². The maximum atomic E-state index is 5.16. The molecule has 3 fully saturated rings. The van der Waals surface area contributed by atoms with Crippen LogP contribution in [0.25, 0.3) is 0 Å². The normalized spacial score (nSPS) is 48.1. The van der Waals surface area contributed by atoms with Crippen molar-refractivity contribution in [1.82, 2.24) is 10.2 Å². The summed E-state index contributed by atoms with van der Waals surface area (Å²) < 4.78 is 0. The highest BCUT2D eigenvalue weighted by Gasteiger charge is 2.43. The van der Waals surface area contributed by atoms with Crippen molar-refractivity contribution in [3.05, 3.63) is 12.2 Å². The Morgan fingerprint density at radius 2 is 1.61 bits per heavy atom. The van der Waals surface area contributed by atoms with E-state index in [0.717, 1.165) is 23.8 Å². The Balaban J connectivity index is 1.40. The molecule has 0 aromatic rings. The van der Waals surface area contributed by atoms with Crippen LogP contribution in [-0.2, 0) is 0 Å². The highest BCUT2D eigenvalue weighted by atomic mass is 15.3. The molecule has 99 valence electrons. The lowest BCUT2D eigenvalue weighted by Crippen LogP contribution is -2.39. The van der Waals surface area contributed by atoms with Crippen LogP contribution in [0, 0.1) is 17.8 Å². The Labute approximate surface area is 111 Å². The van der Waals surface area contributed by atoms with Gasteiger partial charge in [0, 0.05) is 19.1 Å². The third kappa shape index (κ3) is 1.94. The van der Waals surface area contributed by atoms with Gasteiger partial charge in [-0.15, -0.1) is 0 Å². The fraction of sp³-hybridized carbons (Fsp3) is 0.875. The molecule has 0 aromatic heterocycles. The van der Waals surface area contributed by atoms with Crippen molar-refractivity contribution in [2.24, 2.45) is 17.8 Å². The lowest BCUT2D eigenvalue weighted by Gasteiger charge is -2.24. The van der Waals surface area contributed by atoms with Crippen LogP contribution in [0.15, 0.2) is 12.2 Å². The van der Waals surface area contributed by atoms with Crippen molar-refractivity contribution in [3.63, 3.8) is 0 Å². The summed E-state index contributed by atoms with van der Waals surface area (Å²) in [7, 11) is 0. The molecule has 0 aromatic carbocycles. The second kappa shape index (κ2) is 4.64. The zero-order chi connectivity index (χ0) is 11.9. The minimum absolute atomic E-state index is 0.587. The molecule has 2 nitrogen and oxygen atoms in total. The third-order valence-corrected chi connectivity index (χ3v) is 5.82. The Kier molecular flexibility index (Phi) is 2.96. The summed E-state index contributed by atoms with van der Waals surface area (Å²) in [6.45, 7) is 2.64. The number of hydrogen-bond acceptors (Lipinski definition) is 1. The van der Waals surface area contributed by atoms with Gasteiger partial charge in [-0.05, 0) is 49.9 Å². The lowest BCUT2D eigenvalue weighted by atomic mass is 9.85. The molecule has 2 aliphatic heterocycles. The molecule has 0 spiro atoms. The molecule has 2 heterocycles. The molecule has 5 unspecified atom stereocenters. The van der Waals surface area contributed by atoms with E-state index in [0.29, 0.717) is 6.17 Å². The summed E-state index contributed by atoms with van der Waals surface area (Å²) in [4.78, 5) is 2.72. The molecule has 2 aliphatic carbocycles. The largest absolute Gasteiger partial charge is 0.286 e. The van der Waals surface area contributed by atoms with Gasteiger partial charge in [-0.2, -0.15) is 0 Å². The Morgan fingerprint density at radius 3 is 2.33 bits per heavy atom. The SMILES string of the molecule is C1=CCC2CN(C3CC4CCCCC4[N]3)CC2C1. The van der Waals surface area contributed by atoms with E-state index >= 15 is 0 Å². The predicted molar refractivity (Wildman–Crippen MR) is 73.2 cm³/mol. The average Bonchev–Trinajstić information content (AvgIpc) is 3.02. The van der Waals surface area contributed by atoms with Gasteiger partial charge in [0.25, 0.3) is 0 Å². The van der Waals surface area contributed by atoms with Gasteiger partial charge in [-0.1, -0.05) is 25.0 Å². The molecular weight excluding hydrogens is 220 g/mol. The number of nitrogens with zero attached hydrogens (tertiary/aromatic N) is 2. The maximum Gasteiger partial charge on any atom is 0.0767 e. The second-order valence-electron chi connectivity index (χ2n) is 6.89. The van der Waals surface area contributed by atoms with Crippen LogP contribution in [0.4, 0.5) is 0 Å². The number of fused-ring (bicyclic) bond motifs is 2. The average molecular weight is 245 g/mol. The number of hydrogen-bond donors (Lipinski definition) is 0. The van der Waals surface area contributed by atoms with E-state index in [9.17, 15) is 0 Å². The molecule has 18 heavy (non-hydrogen) atoms. The Morgan fingerprint density at radius 1 is 0.889 bits per heavy atom. The first kappa shape index (κ1) is 11.5. The number of allylic oxidation sites excluding steroid dienone is 2. The first-order valence-corrected chi connectivity index (χ1v) is 7.99. The van der Waals surface area contributed by atoms with Crippen molar-refractivity contribution in [2.45, 2.75) is 57.2 Å². The van der Waals surface area contributed by atoms with Crippen molar-refractivity contribution in [3.8, 4) is 0 Å². The van der Waals surface area contributed by atoms with Gasteiger partial charge in [-0.25, -0.2) is 5.32 Å². The number of rotatable bonds is 1. The van der Waals surface area contributed by atoms with Crippen LogP contribution in [0.2, 0.25) is 0 Å². The zero-order valence-electron chi connectivity index (χ0n) is 11.3. The predicted octanol–water partition coefficient (Wildman–Crippen LogP) is 2.78. The van der Waals surface area contributed by atoms with Crippen molar-refractivity contribution in [2.75, 3.05) is 13.1 Å². The second-order valence-corrected chi connectivity index (χ2v) is 6.89. The van der Waals surface area contributed by atoms with Gasteiger partial charge in [0.15, 0.2) is 0 Å². The summed E-state index contributed by atoms with van der Waals surface area (Å²) in [5.41, 5.74) is 0. The smallest absolute Gasteiger partial charge is 0.0767 e. The van der Waals surface area contributed by atoms with Crippen LogP contribution in [0.5, 0.6) is 0 Å². The van der Waals surface area contributed by atoms with Crippen LogP contribution in [0.1, 0.15) is 44.9 Å². The highest BCUT2D eigenvalue weighted by Crippen LogP contribution is 2.39. The van der Waals surface area contributed by atoms with E-state index in [1.165, 1.54) is 58.0 Å². The van der Waals surface area contributed by atoms with Crippen LogP contribution >= 0.6 is 0 Å². The van der Waals surface area contributed by atoms with Crippen molar-refractivity contribution < 1.29 is 0 Å². The summed E-state index contributed by atoms with van der Waals surface area (Å²) in [6, 6.07) is 0.726. The monoisotopic (exact) mass is 245 g/mol. The molecule has 0 bridgehead atoms. The molecule has 2 saturated heterocycles. The molecule has 5 atom stereocenters. The molecular formula is C16H25N2. The first-order chi connectivity index (χ1) is 8.90. The molecule has 1 radical (unpaired) electrons. The van der Waals surface area contributed by atoms with Gasteiger partial charge in [0.2, 0.25) is 0 Å². The number of likely N-dealkylation sites (tertiary alicyclic amines) is 1. The molecule has 0 amide bonds. The molecule has 4 aliphatic rings. The highest BCUT2D eigenvalue weighted by molar-refractivity contribution is 5.02. The van der Waals surface area contributed by atoms with Crippen molar-refractivity contribution >= 4 is 0 Å². The summed E-state index contributed by atoms with van der Waals surface area (Å²) in [5.74, 6) is 2.81. The van der Waals surface area contributed by atoms with E-state index < -0.39 is 0 Å². The summed E-state index contributed by atoms with van der Waals surface area (Å²) in [5, 5.41) is 5.16. The van der Waals surface area contributed by atoms with Gasteiger partial charge in [0.05, 0.1) is 6.17 Å². The lowest BCUT2D eigenvalue weighted by molar-refractivity contribution is 0.203. The molecule has 0 N–H and O–H groups in total. The Bertz CT molecular complexity index is 308. The molecule has 2 heteroatoms. The first-order valence-electron chi connectivity index (χ1n) is 7.99. The molecule has 4 rings (SSSR count). The van der Waals surface area contributed by atoms with Crippen molar-refractivity contribution in [1.29, 1.82) is 0 Å². The molecule has 1 saturated carbocycles. The fourth-order valence-electron chi connectivity index (χ4n) is 4.75. The van der Waals surface area contributed by atoms with Gasteiger partial charge in [0.1, 0.15) is 0 Å². The zero-order valence-corrected chi connectivity index (χ0v) is 11.3. The van der Waals surface area contributed by atoms with E-state index in [4.69, 9.17) is 5.32 Å². The standard InChI is InChI=1S/C16H25N2/c1-2-7-14-11-18(10-13(14)6-1)16-9-12-5-3-4-8-15(12)17-16/h1-2,12-16H,3-11H2. The van der Waals surface area contributed by atoms with Crippen LogP contribution in [-0.4, -0.2) is 30.2 Å². The summed E-state index contributed by atoms with van der Waals surface area (Å²) in [6.07, 6.45) is 15.1. The van der Waals surface area contributed by atoms with Gasteiger partial charge in [-0.3, -0.25) is 4.90 Å². The van der Waals surface area contributed by atoms with Gasteiger partial charge >= 0.3 is 0 Å². The topological polar surface area (TPSA) is 17.3 Å². The van der Waals surface area contributed by atoms with Crippen LogP contribution < -0.4 is 5.32 Å². The quantitative estimate of drug-likeness (QED) is 0.649. The third-order valence-electron chi connectivity index (χ3n) is 5.82. The maximum absolute atomic E-state index is 5.16. The summed E-state index contributed by atoms with van der Waals surface area (Å²) >= 11 is 0. The Hall–Kier alpha value is -0.340. The van der Waals surface area contributed by atoms with E-state index in [1.807, 2.05) is 0 Å². The minimum Gasteiger partial charge on any atom is -0.286 e.